The molecule has 2 amide bonds. The number of carbonyl (C=O) groups is 2. The van der Waals surface area contributed by atoms with E-state index in [2.05, 4.69) is 0 Å². The lowest BCUT2D eigenvalue weighted by Crippen LogP contribution is -2.55. The highest BCUT2D eigenvalue weighted by Gasteiger charge is 2.50. The lowest BCUT2D eigenvalue weighted by Gasteiger charge is -2.48. The number of hydrogen-bond acceptors (Lipinski definition) is 6. The van der Waals surface area contributed by atoms with Crippen molar-refractivity contribution >= 4 is 23.2 Å². The Morgan fingerprint density at radius 2 is 0.768 bits per heavy atom. The molecule has 0 saturated carbocycles. The van der Waals surface area contributed by atoms with Crippen molar-refractivity contribution in [1.29, 1.82) is 0 Å². The Hall–Kier alpha value is -6.22. The van der Waals surface area contributed by atoms with Gasteiger partial charge < -0.3 is 29.5 Å². The molecule has 0 spiro atoms. The monoisotopic (exact) mass is 746 g/mol. The summed E-state index contributed by atoms with van der Waals surface area (Å²) < 4.78 is 10.5. The van der Waals surface area contributed by atoms with Crippen LogP contribution in [0.25, 0.3) is 0 Å². The maximum absolute atomic E-state index is 13.0. The normalized spacial score (nSPS) is 19.8. The first-order valence-electron chi connectivity index (χ1n) is 18.9. The molecule has 2 aliphatic rings. The zero-order chi connectivity index (χ0) is 39.0. The van der Waals surface area contributed by atoms with E-state index in [9.17, 15) is 19.8 Å². The van der Waals surface area contributed by atoms with Crippen molar-refractivity contribution in [2.24, 2.45) is 11.8 Å². The predicted molar refractivity (Wildman–Crippen MR) is 218 cm³/mol. The van der Waals surface area contributed by atoms with E-state index in [1.165, 1.54) is 0 Å². The van der Waals surface area contributed by atoms with Crippen LogP contribution in [0.1, 0.15) is 59.4 Å². The van der Waals surface area contributed by atoms with E-state index in [0.29, 0.717) is 12.8 Å². The number of nitrogens with zero attached hydrogens (tertiary/aromatic N) is 2. The molecule has 8 rings (SSSR count). The standard InChI is InChI=1S/2C24H23NO3/c2*1-28-20-14-12-18(13-15-20)23-21(16-22(26)17-8-4-2-5-9-17)24(27)25(23)19-10-6-3-7-11-19/h2*2-15,21-23,26H,16H2,1H3/t21-,22-,23+;21-,22-,23-/m11/s1. The van der Waals surface area contributed by atoms with E-state index >= 15 is 0 Å². The molecule has 6 aromatic carbocycles. The largest absolute Gasteiger partial charge is 0.497 e. The fourth-order valence-corrected chi connectivity index (χ4v) is 7.78. The van der Waals surface area contributed by atoms with E-state index in [0.717, 1.165) is 45.1 Å². The molecule has 8 heteroatoms. The van der Waals surface area contributed by atoms with Crippen LogP contribution < -0.4 is 19.3 Å². The van der Waals surface area contributed by atoms with Gasteiger partial charge in [-0.3, -0.25) is 9.59 Å². The first kappa shape index (κ1) is 38.1. The predicted octanol–water partition coefficient (Wildman–Crippen LogP) is 9.05. The molecule has 2 N–H and O–H groups in total. The summed E-state index contributed by atoms with van der Waals surface area (Å²) in [7, 11) is 3.27. The summed E-state index contributed by atoms with van der Waals surface area (Å²) in [4.78, 5) is 29.7. The second-order valence-electron chi connectivity index (χ2n) is 14.1. The zero-order valence-electron chi connectivity index (χ0n) is 31.5. The summed E-state index contributed by atoms with van der Waals surface area (Å²) in [6, 6.07) is 53.8. The van der Waals surface area contributed by atoms with Gasteiger partial charge in [-0.15, -0.1) is 0 Å². The van der Waals surface area contributed by atoms with Crippen molar-refractivity contribution in [1.82, 2.24) is 0 Å². The Morgan fingerprint density at radius 3 is 1.07 bits per heavy atom. The molecule has 2 saturated heterocycles. The van der Waals surface area contributed by atoms with Gasteiger partial charge in [0.05, 0.1) is 50.3 Å². The van der Waals surface area contributed by atoms with Crippen molar-refractivity contribution in [3.8, 4) is 11.5 Å². The third kappa shape index (κ3) is 8.08. The summed E-state index contributed by atoms with van der Waals surface area (Å²) >= 11 is 0. The lowest BCUT2D eigenvalue weighted by atomic mass is 9.77. The van der Waals surface area contributed by atoms with E-state index in [1.807, 2.05) is 180 Å². The fourth-order valence-electron chi connectivity index (χ4n) is 7.78. The van der Waals surface area contributed by atoms with E-state index in [-0.39, 0.29) is 35.7 Å². The SMILES string of the molecule is COc1ccc([C@@H]2[C@@H](C[C@@H](O)c3ccccc3)C(=O)N2c2ccccc2)cc1.COc1ccc([C@H]2[C@@H](C[C@@H](O)c3ccccc3)C(=O)N2c2ccccc2)cc1. The number of β-lactam (4-membered cyclic amide) rings is 2. The van der Waals surface area contributed by atoms with Crippen LogP contribution in [0.2, 0.25) is 0 Å². The van der Waals surface area contributed by atoms with Crippen molar-refractivity contribution < 1.29 is 29.3 Å². The van der Waals surface area contributed by atoms with E-state index in [1.54, 1.807) is 14.2 Å². The van der Waals surface area contributed by atoms with Crippen LogP contribution in [0.15, 0.2) is 170 Å². The fraction of sp³-hybridized carbons (Fsp3) is 0.208. The maximum atomic E-state index is 13.0. The molecule has 0 radical (unpaired) electrons. The highest BCUT2D eigenvalue weighted by Crippen LogP contribution is 2.48. The minimum atomic E-state index is -0.672. The van der Waals surface area contributed by atoms with Crippen LogP contribution in [-0.2, 0) is 9.59 Å². The second kappa shape index (κ2) is 17.5. The molecule has 8 nitrogen and oxygen atoms in total. The summed E-state index contributed by atoms with van der Waals surface area (Å²) in [5.74, 6) is 1.10. The first-order chi connectivity index (χ1) is 27.4. The van der Waals surface area contributed by atoms with Crippen molar-refractivity contribution in [3.63, 3.8) is 0 Å². The van der Waals surface area contributed by atoms with Crippen molar-refractivity contribution in [2.45, 2.75) is 37.1 Å². The van der Waals surface area contributed by atoms with Gasteiger partial charge in [0.25, 0.3) is 0 Å². The summed E-state index contributed by atoms with van der Waals surface area (Å²) in [5, 5.41) is 21.4. The molecule has 6 aromatic rings. The van der Waals surface area contributed by atoms with Crippen LogP contribution in [0, 0.1) is 11.8 Å². The van der Waals surface area contributed by atoms with Crippen LogP contribution in [0.5, 0.6) is 11.5 Å². The first-order valence-corrected chi connectivity index (χ1v) is 18.9. The van der Waals surface area contributed by atoms with Gasteiger partial charge in [0.15, 0.2) is 0 Å². The number of rotatable bonds is 12. The molecular weight excluding hydrogens is 701 g/mol. The summed E-state index contributed by atoms with van der Waals surface area (Å²) in [6.07, 6.45) is -0.561. The number of hydrogen-bond donors (Lipinski definition) is 2. The molecule has 0 aromatic heterocycles. The van der Waals surface area contributed by atoms with Gasteiger partial charge in [0.1, 0.15) is 11.5 Å². The Balaban J connectivity index is 0.000000172. The van der Waals surface area contributed by atoms with Gasteiger partial charge in [-0.1, -0.05) is 121 Å². The molecule has 2 heterocycles. The highest BCUT2D eigenvalue weighted by atomic mass is 16.5. The van der Waals surface area contributed by atoms with Crippen molar-refractivity contribution in [3.05, 3.63) is 192 Å². The number of amides is 2. The van der Waals surface area contributed by atoms with Gasteiger partial charge in [0.2, 0.25) is 11.8 Å². The number of benzene rings is 6. The number of aliphatic hydroxyl groups excluding tert-OH is 2. The van der Waals surface area contributed by atoms with Crippen LogP contribution in [0.3, 0.4) is 0 Å². The molecular formula is C48H46N2O6. The Morgan fingerprint density at radius 1 is 0.464 bits per heavy atom. The van der Waals surface area contributed by atoms with Crippen LogP contribution in [0.4, 0.5) is 11.4 Å². The highest BCUT2D eigenvalue weighted by molar-refractivity contribution is 6.04. The number of carbonyl (C=O) groups excluding carboxylic acids is 2. The quantitative estimate of drug-likeness (QED) is 0.121. The van der Waals surface area contributed by atoms with Gasteiger partial charge >= 0.3 is 0 Å². The van der Waals surface area contributed by atoms with Gasteiger partial charge in [0, 0.05) is 11.4 Å². The molecule has 284 valence electrons. The minimum absolute atomic E-state index is 0.0435. The summed E-state index contributed by atoms with van der Waals surface area (Å²) in [6.45, 7) is 0. The molecule has 6 atom stereocenters. The van der Waals surface area contributed by atoms with Crippen molar-refractivity contribution in [2.75, 3.05) is 24.0 Å². The third-order valence-electron chi connectivity index (χ3n) is 10.7. The number of methoxy groups -OCH3 is 2. The Kier molecular flexibility index (Phi) is 11.9. The molecule has 0 unspecified atom stereocenters. The Labute approximate surface area is 328 Å². The second-order valence-corrected chi connectivity index (χ2v) is 14.1. The van der Waals surface area contributed by atoms with Crippen LogP contribution >= 0.6 is 0 Å². The van der Waals surface area contributed by atoms with E-state index in [4.69, 9.17) is 9.47 Å². The number of ether oxygens (including phenoxy) is 2. The van der Waals surface area contributed by atoms with E-state index < -0.39 is 12.2 Å². The third-order valence-corrected chi connectivity index (χ3v) is 10.7. The smallest absolute Gasteiger partial charge is 0.233 e. The van der Waals surface area contributed by atoms with Crippen LogP contribution in [-0.4, -0.2) is 36.2 Å². The Bertz CT molecular complexity index is 2010. The molecule has 0 aliphatic carbocycles. The number of para-hydroxylation sites is 2. The minimum Gasteiger partial charge on any atom is -0.497 e. The number of aliphatic hydroxyl groups is 2. The average Bonchev–Trinajstić information content (AvgIpc) is 3.26. The summed E-state index contributed by atoms with van der Waals surface area (Å²) in [5.41, 5.74) is 5.49. The maximum Gasteiger partial charge on any atom is 0.233 e. The molecule has 2 fully saturated rings. The average molecular weight is 747 g/mol. The lowest BCUT2D eigenvalue weighted by molar-refractivity contribution is -0.132. The topological polar surface area (TPSA) is 99.5 Å². The molecule has 2 aliphatic heterocycles. The number of anilines is 2. The van der Waals surface area contributed by atoms with Gasteiger partial charge in [-0.25, -0.2) is 0 Å². The van der Waals surface area contributed by atoms with Gasteiger partial charge in [-0.05, 0) is 83.6 Å². The molecule has 0 bridgehead atoms. The zero-order valence-corrected chi connectivity index (χ0v) is 31.5. The van der Waals surface area contributed by atoms with Gasteiger partial charge in [-0.2, -0.15) is 0 Å². The molecule has 56 heavy (non-hydrogen) atoms.